The lowest BCUT2D eigenvalue weighted by Gasteiger charge is -2.36. The van der Waals surface area contributed by atoms with E-state index >= 15 is 0 Å². The third kappa shape index (κ3) is 9.22. The number of aliphatic hydroxyl groups excluding tert-OH is 1. The number of hydrogen-bond acceptors (Lipinski definition) is 8. The Hall–Kier alpha value is -5.78. The summed E-state index contributed by atoms with van der Waals surface area (Å²) in [6.07, 6.45) is 2.22. The monoisotopic (exact) mass is 682 g/mol. The maximum Gasteiger partial charge on any atom is 0.408 e. The molecule has 1 atom stereocenters. The number of benzene rings is 3. The number of H-pyrrole nitrogens is 1. The molecule has 0 unspecified atom stereocenters. The SMILES string of the molecule is COc1cccc(COc2cccc(/C(O)=C/C(=O)C(=O)N3CCN(C(=O)[C@H](Cc4c[nH]c5ccccc45)NC(=O)OC(C)(C)C)CC3)c2)c1. The largest absolute Gasteiger partial charge is 0.507 e. The van der Waals surface area contributed by atoms with Crippen molar-refractivity contribution in [3.8, 4) is 11.5 Å². The van der Waals surface area contributed by atoms with Crippen LogP contribution in [0.2, 0.25) is 0 Å². The summed E-state index contributed by atoms with van der Waals surface area (Å²) < 4.78 is 16.5. The molecule has 262 valence electrons. The second kappa shape index (κ2) is 15.6. The van der Waals surface area contributed by atoms with Gasteiger partial charge in [0.1, 0.15) is 35.5 Å². The molecule has 1 fully saturated rings. The van der Waals surface area contributed by atoms with Crippen molar-refractivity contribution in [3.63, 3.8) is 0 Å². The number of nitrogens with zero attached hydrogens (tertiary/aromatic N) is 2. The van der Waals surface area contributed by atoms with Crippen LogP contribution in [0.4, 0.5) is 4.79 Å². The van der Waals surface area contributed by atoms with Crippen LogP contribution < -0.4 is 14.8 Å². The molecule has 1 aliphatic heterocycles. The third-order valence-electron chi connectivity index (χ3n) is 8.11. The van der Waals surface area contributed by atoms with Gasteiger partial charge in [0.15, 0.2) is 0 Å². The topological polar surface area (TPSA) is 150 Å². The minimum Gasteiger partial charge on any atom is -0.507 e. The number of carbonyl (C=O) groups excluding carboxylic acids is 4. The fraction of sp³-hybridized carbons (Fsp3) is 0.316. The van der Waals surface area contributed by atoms with Gasteiger partial charge in [-0.3, -0.25) is 14.4 Å². The second-order valence-corrected chi connectivity index (χ2v) is 12.9. The van der Waals surface area contributed by atoms with Gasteiger partial charge < -0.3 is 39.4 Å². The standard InChI is InChI=1S/C38H42N4O8/c1-38(2,3)50-37(47)40-32(21-27-23-39-31-14-6-5-13-30(27)31)35(45)41-15-17-42(18-16-41)36(46)34(44)22-33(43)26-10-8-12-29(20-26)49-24-25-9-7-11-28(19-25)48-4/h5-14,19-20,22-23,32,39,43H,15-18,21,24H2,1-4H3,(H,40,47)/b33-22-/t32-/m0/s1. The molecule has 0 radical (unpaired) electrons. The molecule has 3 aromatic carbocycles. The second-order valence-electron chi connectivity index (χ2n) is 12.9. The summed E-state index contributed by atoms with van der Waals surface area (Å²) in [7, 11) is 1.59. The van der Waals surface area contributed by atoms with Crippen molar-refractivity contribution in [2.24, 2.45) is 0 Å². The first-order chi connectivity index (χ1) is 23.9. The van der Waals surface area contributed by atoms with Crippen LogP contribution in [-0.4, -0.2) is 88.5 Å². The number of ether oxygens (including phenoxy) is 3. The van der Waals surface area contributed by atoms with Crippen LogP contribution in [0.15, 0.2) is 85.1 Å². The number of piperazine rings is 1. The highest BCUT2D eigenvalue weighted by Gasteiger charge is 2.33. The molecule has 3 N–H and O–H groups in total. The van der Waals surface area contributed by atoms with Crippen molar-refractivity contribution < 1.29 is 38.5 Å². The smallest absolute Gasteiger partial charge is 0.408 e. The van der Waals surface area contributed by atoms with Gasteiger partial charge in [-0.2, -0.15) is 0 Å². The van der Waals surface area contributed by atoms with Crippen LogP contribution in [0, 0.1) is 0 Å². The van der Waals surface area contributed by atoms with E-state index in [9.17, 15) is 24.3 Å². The molecule has 1 saturated heterocycles. The van der Waals surface area contributed by atoms with Crippen molar-refractivity contribution in [1.82, 2.24) is 20.1 Å². The van der Waals surface area contributed by atoms with Crippen molar-refractivity contribution in [2.75, 3.05) is 33.3 Å². The number of aromatic nitrogens is 1. The van der Waals surface area contributed by atoms with Crippen molar-refractivity contribution in [1.29, 1.82) is 0 Å². The summed E-state index contributed by atoms with van der Waals surface area (Å²) in [5, 5.41) is 14.4. The van der Waals surface area contributed by atoms with Gasteiger partial charge in [-0.15, -0.1) is 0 Å². The van der Waals surface area contributed by atoms with E-state index in [1.807, 2.05) is 54.7 Å². The molecule has 1 aliphatic rings. The Balaban J connectivity index is 1.19. The number of amides is 3. The summed E-state index contributed by atoms with van der Waals surface area (Å²) in [6.45, 7) is 6.00. The minimum absolute atomic E-state index is 0.102. The average molecular weight is 683 g/mol. The lowest BCUT2D eigenvalue weighted by molar-refractivity contribution is -0.146. The molecule has 2 heterocycles. The first-order valence-electron chi connectivity index (χ1n) is 16.3. The van der Waals surface area contributed by atoms with Gasteiger partial charge in [0, 0.05) is 61.3 Å². The van der Waals surface area contributed by atoms with E-state index in [1.165, 1.54) is 4.90 Å². The number of fused-ring (bicyclic) bond motifs is 1. The Bertz CT molecular complexity index is 1880. The van der Waals surface area contributed by atoms with Gasteiger partial charge in [-0.05, 0) is 62.2 Å². The molecule has 4 aromatic rings. The average Bonchev–Trinajstić information content (AvgIpc) is 3.51. The molecule has 0 spiro atoms. The van der Waals surface area contributed by atoms with Crippen molar-refractivity contribution in [2.45, 2.75) is 45.4 Å². The van der Waals surface area contributed by atoms with Gasteiger partial charge in [-0.25, -0.2) is 4.79 Å². The van der Waals surface area contributed by atoms with Gasteiger partial charge in [0.25, 0.3) is 5.91 Å². The predicted octanol–water partition coefficient (Wildman–Crippen LogP) is 5.03. The Morgan fingerprint density at radius 3 is 2.36 bits per heavy atom. The molecule has 0 saturated carbocycles. The lowest BCUT2D eigenvalue weighted by atomic mass is 10.0. The number of rotatable bonds is 11. The number of methoxy groups -OCH3 is 1. The molecule has 3 amide bonds. The van der Waals surface area contributed by atoms with Crippen LogP contribution in [0.5, 0.6) is 11.5 Å². The number of nitrogens with one attached hydrogen (secondary N) is 2. The summed E-state index contributed by atoms with van der Waals surface area (Å²) in [4.78, 5) is 58.6. The number of ketones is 1. The molecule has 5 rings (SSSR count). The fourth-order valence-corrected chi connectivity index (χ4v) is 5.62. The van der Waals surface area contributed by atoms with Gasteiger partial charge >= 0.3 is 6.09 Å². The van der Waals surface area contributed by atoms with Crippen molar-refractivity contribution >= 4 is 40.4 Å². The zero-order valence-corrected chi connectivity index (χ0v) is 28.6. The maximum absolute atomic E-state index is 13.8. The van der Waals surface area contributed by atoms with Gasteiger partial charge in [0.2, 0.25) is 11.7 Å². The van der Waals surface area contributed by atoms with E-state index in [0.29, 0.717) is 17.1 Å². The zero-order chi connectivity index (χ0) is 35.8. The molecule has 1 aromatic heterocycles. The molecule has 0 aliphatic carbocycles. The van der Waals surface area contributed by atoms with E-state index in [-0.39, 0.29) is 50.9 Å². The molecular weight excluding hydrogens is 640 g/mol. The Morgan fingerprint density at radius 1 is 0.920 bits per heavy atom. The highest BCUT2D eigenvalue weighted by atomic mass is 16.6. The van der Waals surface area contributed by atoms with Crippen LogP contribution >= 0.6 is 0 Å². The maximum atomic E-state index is 13.8. The Labute approximate surface area is 290 Å². The summed E-state index contributed by atoms with van der Waals surface area (Å²) in [5.41, 5.74) is 2.21. The van der Waals surface area contributed by atoms with E-state index in [0.717, 1.165) is 28.1 Å². The molecule has 12 heteroatoms. The highest BCUT2D eigenvalue weighted by molar-refractivity contribution is 6.41. The molecular formula is C38H42N4O8. The van der Waals surface area contributed by atoms with Crippen LogP contribution in [-0.2, 0) is 32.1 Å². The quantitative estimate of drug-likeness (QED) is 0.113. The van der Waals surface area contributed by atoms with E-state index in [4.69, 9.17) is 14.2 Å². The van der Waals surface area contributed by atoms with Gasteiger partial charge in [0.05, 0.1) is 7.11 Å². The normalized spacial score (nSPS) is 14.2. The predicted molar refractivity (Wildman–Crippen MR) is 188 cm³/mol. The zero-order valence-electron chi connectivity index (χ0n) is 28.6. The minimum atomic E-state index is -0.928. The Kier molecular flexibility index (Phi) is 11.1. The van der Waals surface area contributed by atoms with Crippen molar-refractivity contribution in [3.05, 3.63) is 102 Å². The molecule has 0 bridgehead atoms. The lowest BCUT2D eigenvalue weighted by Crippen LogP contribution is -2.57. The Morgan fingerprint density at radius 2 is 1.62 bits per heavy atom. The van der Waals surface area contributed by atoms with Crippen LogP contribution in [0.25, 0.3) is 16.7 Å². The van der Waals surface area contributed by atoms with E-state index in [1.54, 1.807) is 57.0 Å². The number of hydrogen-bond donors (Lipinski definition) is 3. The van der Waals surface area contributed by atoms with Crippen LogP contribution in [0.3, 0.4) is 0 Å². The number of aliphatic hydroxyl groups is 1. The number of para-hydroxylation sites is 1. The third-order valence-corrected chi connectivity index (χ3v) is 8.11. The summed E-state index contributed by atoms with van der Waals surface area (Å²) in [5.74, 6) is -1.22. The number of alkyl carbamates (subject to hydrolysis) is 1. The number of carbonyl (C=O) groups is 4. The van der Waals surface area contributed by atoms with E-state index in [2.05, 4.69) is 10.3 Å². The first kappa shape index (κ1) is 35.5. The summed E-state index contributed by atoms with van der Waals surface area (Å²) in [6, 6.07) is 20.8. The fourth-order valence-electron chi connectivity index (χ4n) is 5.62. The van der Waals surface area contributed by atoms with E-state index < -0.39 is 29.4 Å². The van der Waals surface area contributed by atoms with Gasteiger partial charge in [-0.1, -0.05) is 42.5 Å². The summed E-state index contributed by atoms with van der Waals surface area (Å²) >= 11 is 0. The highest BCUT2D eigenvalue weighted by Crippen LogP contribution is 2.22. The molecule has 50 heavy (non-hydrogen) atoms. The first-order valence-corrected chi connectivity index (χ1v) is 16.3. The van der Waals surface area contributed by atoms with Crippen LogP contribution in [0.1, 0.15) is 37.5 Å². The number of aromatic amines is 1. The molecule has 12 nitrogen and oxygen atoms in total.